The number of nitrogens with zero attached hydrogens (tertiary/aromatic N) is 4. The predicted octanol–water partition coefficient (Wildman–Crippen LogP) is 4.63. The largest absolute Gasteiger partial charge is 0.494 e. The maximum absolute atomic E-state index is 12.9. The molecule has 0 radical (unpaired) electrons. The Labute approximate surface area is 175 Å². The molecule has 0 aliphatic rings. The molecule has 150 valence electrons. The smallest absolute Gasteiger partial charge is 0.259 e. The summed E-state index contributed by atoms with van der Waals surface area (Å²) < 4.78 is 18.2. The number of ether oxygens (including phenoxy) is 1. The number of carbonyl (C=O) groups is 1. The van der Waals surface area contributed by atoms with Crippen molar-refractivity contribution < 1.29 is 13.9 Å². The fourth-order valence-corrected chi connectivity index (χ4v) is 3.46. The van der Waals surface area contributed by atoms with E-state index in [4.69, 9.17) is 16.3 Å². The molecular weight excluding hydrogens is 417 g/mol. The van der Waals surface area contributed by atoms with Gasteiger partial charge >= 0.3 is 0 Å². The maximum Gasteiger partial charge on any atom is 0.259 e. The van der Waals surface area contributed by atoms with Gasteiger partial charge in [-0.1, -0.05) is 29.5 Å². The Morgan fingerprint density at radius 3 is 2.79 bits per heavy atom. The Morgan fingerprint density at radius 2 is 2.07 bits per heavy atom. The van der Waals surface area contributed by atoms with Crippen molar-refractivity contribution in [2.45, 2.75) is 19.8 Å². The summed E-state index contributed by atoms with van der Waals surface area (Å²) in [6.45, 7) is 5.04. The zero-order valence-electron chi connectivity index (χ0n) is 15.7. The van der Waals surface area contributed by atoms with Gasteiger partial charge in [-0.15, -0.1) is 10.2 Å². The lowest BCUT2D eigenvalue weighted by atomic mass is 10.0. The van der Waals surface area contributed by atoms with Crippen LogP contribution in [-0.4, -0.2) is 33.2 Å². The third kappa shape index (κ3) is 5.12. The van der Waals surface area contributed by atoms with Crippen LogP contribution >= 0.6 is 22.9 Å². The number of pyridine rings is 2. The van der Waals surface area contributed by atoms with E-state index in [2.05, 4.69) is 32.1 Å². The molecule has 3 aromatic heterocycles. The molecule has 0 unspecified atom stereocenters. The molecule has 3 rings (SSSR count). The Kier molecular flexibility index (Phi) is 6.50. The van der Waals surface area contributed by atoms with Crippen molar-refractivity contribution in [3.05, 3.63) is 58.4 Å². The molecule has 7 nitrogen and oxygen atoms in total. The zero-order chi connectivity index (χ0) is 21.0. The fraction of sp³-hybridized carbons (Fsp3) is 0.211. The molecule has 1 N–H and O–H groups in total. The number of amides is 1. The molecule has 10 heteroatoms. The van der Waals surface area contributed by atoms with E-state index < -0.39 is 11.7 Å². The average Bonchev–Trinajstić information content (AvgIpc) is 3.13. The Morgan fingerprint density at radius 1 is 1.28 bits per heavy atom. The van der Waals surface area contributed by atoms with Crippen LogP contribution in [0.25, 0.3) is 11.1 Å². The summed E-state index contributed by atoms with van der Waals surface area (Å²) in [5.74, 6) is -0.370. The lowest BCUT2D eigenvalue weighted by Crippen LogP contribution is -2.14. The SMILES string of the molecule is C=C(F)CCc1nnc(NC(=O)c2cnc(C)cc2-c2cc(Cl)ncc2OC)s1. The number of aryl methyl sites for hydroxylation is 2. The molecule has 0 saturated heterocycles. The monoisotopic (exact) mass is 433 g/mol. The van der Waals surface area contributed by atoms with Crippen LogP contribution in [0.3, 0.4) is 0 Å². The summed E-state index contributed by atoms with van der Waals surface area (Å²) in [6.07, 6.45) is 3.50. The van der Waals surface area contributed by atoms with Gasteiger partial charge in [0.15, 0.2) is 0 Å². The first-order chi connectivity index (χ1) is 13.9. The number of anilines is 1. The van der Waals surface area contributed by atoms with Crippen molar-refractivity contribution in [1.29, 1.82) is 0 Å². The molecule has 29 heavy (non-hydrogen) atoms. The number of hydrogen-bond donors (Lipinski definition) is 1. The van der Waals surface area contributed by atoms with Gasteiger partial charge in [0.2, 0.25) is 5.13 Å². The van der Waals surface area contributed by atoms with E-state index >= 15 is 0 Å². The number of halogens is 2. The number of aromatic nitrogens is 4. The third-order valence-corrected chi connectivity index (χ3v) is 5.03. The van der Waals surface area contributed by atoms with E-state index in [-0.39, 0.29) is 11.6 Å². The normalized spacial score (nSPS) is 10.6. The van der Waals surface area contributed by atoms with E-state index in [1.807, 2.05) is 6.92 Å². The van der Waals surface area contributed by atoms with Gasteiger partial charge < -0.3 is 4.74 Å². The van der Waals surface area contributed by atoms with Crippen LogP contribution in [0.2, 0.25) is 5.15 Å². The van der Waals surface area contributed by atoms with Crippen LogP contribution in [-0.2, 0) is 6.42 Å². The van der Waals surface area contributed by atoms with E-state index in [0.29, 0.717) is 39.0 Å². The molecule has 3 aromatic rings. The molecule has 0 aliphatic carbocycles. The second-order valence-electron chi connectivity index (χ2n) is 6.05. The molecule has 0 aliphatic heterocycles. The molecule has 1 amide bonds. The predicted molar refractivity (Wildman–Crippen MR) is 110 cm³/mol. The van der Waals surface area contributed by atoms with Gasteiger partial charge in [-0.2, -0.15) is 0 Å². The number of carbonyl (C=O) groups excluding carboxylic acids is 1. The molecule has 0 bridgehead atoms. The molecule has 0 spiro atoms. The maximum atomic E-state index is 12.9. The highest BCUT2D eigenvalue weighted by Gasteiger charge is 2.19. The second-order valence-corrected chi connectivity index (χ2v) is 7.50. The van der Waals surface area contributed by atoms with Gasteiger partial charge in [0.1, 0.15) is 15.9 Å². The first kappa shape index (κ1) is 20.8. The van der Waals surface area contributed by atoms with Crippen molar-refractivity contribution in [3.8, 4) is 16.9 Å². The zero-order valence-corrected chi connectivity index (χ0v) is 17.3. The minimum atomic E-state index is -0.425. The molecule has 0 saturated carbocycles. The van der Waals surface area contributed by atoms with Gasteiger partial charge in [0.05, 0.1) is 24.7 Å². The molecule has 3 heterocycles. The van der Waals surface area contributed by atoms with E-state index in [9.17, 15) is 9.18 Å². The molecule has 0 aromatic carbocycles. The Bertz CT molecular complexity index is 1070. The van der Waals surface area contributed by atoms with Crippen LogP contribution in [0.15, 0.2) is 36.9 Å². The topological polar surface area (TPSA) is 89.9 Å². The van der Waals surface area contributed by atoms with Crippen LogP contribution in [0.5, 0.6) is 5.75 Å². The summed E-state index contributed by atoms with van der Waals surface area (Å²) in [5, 5.41) is 11.8. The molecule has 0 atom stereocenters. The quantitative estimate of drug-likeness (QED) is 0.546. The third-order valence-electron chi connectivity index (χ3n) is 3.93. The van der Waals surface area contributed by atoms with Crippen molar-refractivity contribution >= 4 is 34.0 Å². The summed E-state index contributed by atoms with van der Waals surface area (Å²) in [4.78, 5) is 21.1. The summed E-state index contributed by atoms with van der Waals surface area (Å²) >= 11 is 7.22. The van der Waals surface area contributed by atoms with Gasteiger partial charge in [-0.25, -0.2) is 9.37 Å². The fourth-order valence-electron chi connectivity index (χ4n) is 2.57. The van der Waals surface area contributed by atoms with Gasteiger partial charge in [0, 0.05) is 35.9 Å². The highest BCUT2D eigenvalue weighted by molar-refractivity contribution is 7.15. The van der Waals surface area contributed by atoms with Crippen molar-refractivity contribution in [2.75, 3.05) is 12.4 Å². The second kappa shape index (κ2) is 9.06. The summed E-state index contributed by atoms with van der Waals surface area (Å²) in [6, 6.07) is 3.39. The number of methoxy groups -OCH3 is 1. The van der Waals surface area contributed by atoms with Crippen LogP contribution in [0, 0.1) is 6.92 Å². The lowest BCUT2D eigenvalue weighted by molar-refractivity contribution is 0.102. The van der Waals surface area contributed by atoms with Crippen molar-refractivity contribution in [1.82, 2.24) is 20.2 Å². The first-order valence-corrected chi connectivity index (χ1v) is 9.70. The van der Waals surface area contributed by atoms with Crippen molar-refractivity contribution in [2.24, 2.45) is 0 Å². The highest BCUT2D eigenvalue weighted by atomic mass is 35.5. The summed E-state index contributed by atoms with van der Waals surface area (Å²) in [5.41, 5.74) is 2.23. The average molecular weight is 434 g/mol. The number of allylic oxidation sites excluding steroid dienone is 1. The minimum Gasteiger partial charge on any atom is -0.494 e. The molecule has 0 fully saturated rings. The van der Waals surface area contributed by atoms with Crippen molar-refractivity contribution in [3.63, 3.8) is 0 Å². The Balaban J connectivity index is 1.91. The van der Waals surface area contributed by atoms with Gasteiger partial charge in [-0.3, -0.25) is 15.1 Å². The molecular formula is C19H17ClFN5O2S. The highest BCUT2D eigenvalue weighted by Crippen LogP contribution is 2.34. The van der Waals surface area contributed by atoms with Gasteiger partial charge in [-0.05, 0) is 19.1 Å². The minimum absolute atomic E-state index is 0.164. The number of rotatable bonds is 7. The number of nitrogens with one attached hydrogen (secondary N) is 1. The standard InChI is InChI=1S/C19H17ClFN5O2S/c1-10(21)4-5-17-25-26-19(29-17)24-18(27)14-8-22-11(2)6-12(14)13-7-16(20)23-9-15(13)28-3/h6-9H,1,4-5H2,2-3H3,(H,24,26,27). The van der Waals surface area contributed by atoms with Crippen LogP contribution in [0.1, 0.15) is 27.5 Å². The number of hydrogen-bond acceptors (Lipinski definition) is 7. The van der Waals surface area contributed by atoms with E-state index in [1.54, 1.807) is 12.1 Å². The van der Waals surface area contributed by atoms with E-state index in [0.717, 1.165) is 5.69 Å². The van der Waals surface area contributed by atoms with Crippen LogP contribution < -0.4 is 10.1 Å². The first-order valence-electron chi connectivity index (χ1n) is 8.51. The summed E-state index contributed by atoms with van der Waals surface area (Å²) in [7, 11) is 1.51. The van der Waals surface area contributed by atoms with Gasteiger partial charge in [0.25, 0.3) is 5.91 Å². The lowest BCUT2D eigenvalue weighted by Gasteiger charge is -2.13. The van der Waals surface area contributed by atoms with E-state index in [1.165, 1.54) is 30.8 Å². The van der Waals surface area contributed by atoms with Crippen LogP contribution in [0.4, 0.5) is 9.52 Å². The Hall–Kier alpha value is -2.91.